The van der Waals surface area contributed by atoms with Crippen molar-refractivity contribution in [3.05, 3.63) is 77.3 Å². The highest BCUT2D eigenvalue weighted by atomic mass is 79.9. The van der Waals surface area contributed by atoms with Crippen LogP contribution >= 0.6 is 15.9 Å². The van der Waals surface area contributed by atoms with Crippen molar-refractivity contribution in [2.45, 2.75) is 0 Å². The van der Waals surface area contributed by atoms with E-state index in [4.69, 9.17) is 4.74 Å². The van der Waals surface area contributed by atoms with Gasteiger partial charge in [-0.2, -0.15) is 0 Å². The first-order valence-corrected chi connectivity index (χ1v) is 8.32. The predicted octanol–water partition coefficient (Wildman–Crippen LogP) is 6.43. The minimum absolute atomic E-state index is 0.942. The fourth-order valence-corrected chi connectivity index (χ4v) is 3.50. The molecule has 0 N–H and O–H groups in total. The highest BCUT2D eigenvalue weighted by molar-refractivity contribution is 9.10. The van der Waals surface area contributed by atoms with Crippen LogP contribution in [0.5, 0.6) is 5.75 Å². The zero-order valence-electron chi connectivity index (χ0n) is 12.7. The number of methoxy groups -OCH3 is 1. The number of ether oxygens (including phenoxy) is 1. The van der Waals surface area contributed by atoms with E-state index in [1.165, 1.54) is 21.9 Å². The molecule has 2 heteroatoms. The van der Waals surface area contributed by atoms with E-state index in [9.17, 15) is 0 Å². The Kier molecular flexibility index (Phi) is 3.55. The maximum atomic E-state index is 5.74. The van der Waals surface area contributed by atoms with Crippen molar-refractivity contribution in [3.8, 4) is 16.9 Å². The normalized spacial score (nSPS) is 11.0. The molecule has 0 saturated heterocycles. The third-order valence-corrected chi connectivity index (χ3v) is 4.75. The minimum Gasteiger partial charge on any atom is -0.495 e. The molecule has 0 aliphatic carbocycles. The number of benzene rings is 4. The molecule has 0 aliphatic heterocycles. The van der Waals surface area contributed by atoms with E-state index in [2.05, 4.69) is 88.7 Å². The van der Waals surface area contributed by atoms with Crippen LogP contribution in [0.1, 0.15) is 0 Å². The minimum atomic E-state index is 0.942. The Morgan fingerprint density at radius 1 is 0.652 bits per heavy atom. The molecule has 112 valence electrons. The predicted molar refractivity (Wildman–Crippen MR) is 101 cm³/mol. The van der Waals surface area contributed by atoms with Crippen LogP contribution in [-0.4, -0.2) is 7.11 Å². The smallest absolute Gasteiger partial charge is 0.134 e. The monoisotopic (exact) mass is 362 g/mol. The number of halogens is 1. The Bertz CT molecular complexity index is 946. The van der Waals surface area contributed by atoms with E-state index in [1.807, 2.05) is 0 Å². The van der Waals surface area contributed by atoms with Crippen molar-refractivity contribution < 1.29 is 4.74 Å². The van der Waals surface area contributed by atoms with Gasteiger partial charge in [0, 0.05) is 15.2 Å². The molecule has 0 heterocycles. The largest absolute Gasteiger partial charge is 0.495 e. The molecule has 0 radical (unpaired) electrons. The van der Waals surface area contributed by atoms with Crippen LogP contribution in [0.25, 0.3) is 32.7 Å². The number of fused-ring (bicyclic) bond motifs is 2. The maximum Gasteiger partial charge on any atom is 0.134 e. The maximum absolute atomic E-state index is 5.74. The Hall–Kier alpha value is -2.32. The fraction of sp³-hybridized carbons (Fsp3) is 0.0476. The average molecular weight is 363 g/mol. The van der Waals surface area contributed by atoms with Crippen LogP contribution in [-0.2, 0) is 0 Å². The van der Waals surface area contributed by atoms with Crippen LogP contribution in [0.15, 0.2) is 77.3 Å². The van der Waals surface area contributed by atoms with Gasteiger partial charge in [0.05, 0.1) is 7.11 Å². The van der Waals surface area contributed by atoms with Crippen molar-refractivity contribution in [3.63, 3.8) is 0 Å². The first-order valence-electron chi connectivity index (χ1n) is 7.53. The molecule has 0 atom stereocenters. The number of rotatable bonds is 2. The van der Waals surface area contributed by atoms with Gasteiger partial charge < -0.3 is 4.74 Å². The summed E-state index contributed by atoms with van der Waals surface area (Å²) in [5.74, 6) is 0.942. The van der Waals surface area contributed by atoms with Crippen LogP contribution in [0.3, 0.4) is 0 Å². The highest BCUT2D eigenvalue weighted by Gasteiger charge is 2.14. The topological polar surface area (TPSA) is 9.23 Å². The molecular weight excluding hydrogens is 348 g/mol. The van der Waals surface area contributed by atoms with E-state index in [0.717, 1.165) is 21.0 Å². The molecule has 0 fully saturated rings. The van der Waals surface area contributed by atoms with Crippen LogP contribution in [0, 0.1) is 0 Å². The van der Waals surface area contributed by atoms with Gasteiger partial charge in [0.2, 0.25) is 0 Å². The Morgan fingerprint density at radius 2 is 1.13 bits per heavy atom. The molecular formula is C21H15BrO. The molecule has 0 aromatic heterocycles. The Labute approximate surface area is 143 Å². The first-order chi connectivity index (χ1) is 11.3. The molecule has 23 heavy (non-hydrogen) atoms. The van der Waals surface area contributed by atoms with Crippen molar-refractivity contribution in [2.24, 2.45) is 0 Å². The summed E-state index contributed by atoms with van der Waals surface area (Å²) in [4.78, 5) is 0. The lowest BCUT2D eigenvalue weighted by atomic mass is 9.91. The van der Waals surface area contributed by atoms with E-state index in [0.29, 0.717) is 0 Å². The van der Waals surface area contributed by atoms with E-state index >= 15 is 0 Å². The number of hydrogen-bond acceptors (Lipinski definition) is 1. The standard InChI is InChI=1S/C21H15BrO/c1-23-21-18-8-4-2-6-16(18)20(14-10-12-15(22)13-11-14)17-7-3-5-9-19(17)21/h2-13H,1H3. The van der Waals surface area contributed by atoms with Gasteiger partial charge in [0.25, 0.3) is 0 Å². The summed E-state index contributed by atoms with van der Waals surface area (Å²) in [6.07, 6.45) is 0. The fourth-order valence-electron chi connectivity index (χ4n) is 3.24. The Balaban J connectivity index is 2.22. The van der Waals surface area contributed by atoms with Gasteiger partial charge in [0.15, 0.2) is 0 Å². The quantitative estimate of drug-likeness (QED) is 0.373. The molecule has 4 aromatic carbocycles. The highest BCUT2D eigenvalue weighted by Crippen LogP contribution is 2.42. The molecule has 0 spiro atoms. The van der Waals surface area contributed by atoms with Gasteiger partial charge in [-0.3, -0.25) is 0 Å². The molecule has 4 rings (SSSR count). The van der Waals surface area contributed by atoms with Gasteiger partial charge in [-0.05, 0) is 34.0 Å². The van der Waals surface area contributed by atoms with E-state index in [1.54, 1.807) is 7.11 Å². The van der Waals surface area contributed by atoms with E-state index < -0.39 is 0 Å². The van der Waals surface area contributed by atoms with Crippen molar-refractivity contribution >= 4 is 37.5 Å². The summed E-state index contributed by atoms with van der Waals surface area (Å²) in [7, 11) is 1.74. The van der Waals surface area contributed by atoms with Crippen molar-refractivity contribution in [2.75, 3.05) is 7.11 Å². The van der Waals surface area contributed by atoms with Crippen LogP contribution in [0.2, 0.25) is 0 Å². The summed E-state index contributed by atoms with van der Waals surface area (Å²) in [6.45, 7) is 0. The molecule has 1 nitrogen and oxygen atoms in total. The third kappa shape index (κ3) is 2.30. The molecule has 0 aliphatic rings. The molecule has 0 bridgehead atoms. The van der Waals surface area contributed by atoms with Gasteiger partial charge in [-0.1, -0.05) is 76.6 Å². The van der Waals surface area contributed by atoms with Gasteiger partial charge >= 0.3 is 0 Å². The lowest BCUT2D eigenvalue weighted by molar-refractivity contribution is 0.424. The second-order valence-corrected chi connectivity index (χ2v) is 6.42. The van der Waals surface area contributed by atoms with Gasteiger partial charge in [0.1, 0.15) is 5.75 Å². The molecule has 0 unspecified atom stereocenters. The second kappa shape index (κ2) is 5.71. The van der Waals surface area contributed by atoms with Crippen LogP contribution in [0.4, 0.5) is 0 Å². The third-order valence-electron chi connectivity index (χ3n) is 4.22. The Morgan fingerprint density at radius 3 is 1.61 bits per heavy atom. The van der Waals surface area contributed by atoms with Crippen molar-refractivity contribution in [1.82, 2.24) is 0 Å². The lowest BCUT2D eigenvalue weighted by Gasteiger charge is -2.16. The first kappa shape index (κ1) is 14.3. The van der Waals surface area contributed by atoms with Crippen molar-refractivity contribution in [1.29, 1.82) is 0 Å². The molecule has 4 aromatic rings. The lowest BCUT2D eigenvalue weighted by Crippen LogP contribution is -1.91. The number of hydrogen-bond donors (Lipinski definition) is 0. The molecule has 0 saturated carbocycles. The summed E-state index contributed by atoms with van der Waals surface area (Å²) in [6, 6.07) is 25.4. The SMILES string of the molecule is COc1c2ccccc2c(-c2ccc(Br)cc2)c2ccccc12. The second-order valence-electron chi connectivity index (χ2n) is 5.51. The summed E-state index contributed by atoms with van der Waals surface area (Å²) >= 11 is 3.52. The zero-order chi connectivity index (χ0) is 15.8. The van der Waals surface area contributed by atoms with E-state index in [-0.39, 0.29) is 0 Å². The average Bonchev–Trinajstić information content (AvgIpc) is 2.60. The summed E-state index contributed by atoms with van der Waals surface area (Å²) < 4.78 is 6.83. The zero-order valence-corrected chi connectivity index (χ0v) is 14.3. The summed E-state index contributed by atoms with van der Waals surface area (Å²) in [5, 5.41) is 4.72. The van der Waals surface area contributed by atoms with Gasteiger partial charge in [-0.25, -0.2) is 0 Å². The van der Waals surface area contributed by atoms with Gasteiger partial charge in [-0.15, -0.1) is 0 Å². The van der Waals surface area contributed by atoms with Crippen LogP contribution < -0.4 is 4.74 Å². The molecule has 0 amide bonds. The summed E-state index contributed by atoms with van der Waals surface area (Å²) in [5.41, 5.74) is 2.47.